The van der Waals surface area contributed by atoms with Crippen molar-refractivity contribution in [1.82, 2.24) is 19.2 Å². The summed E-state index contributed by atoms with van der Waals surface area (Å²) in [5.74, 6) is 0. The van der Waals surface area contributed by atoms with E-state index < -0.39 is 34.5 Å². The van der Waals surface area contributed by atoms with Gasteiger partial charge in [0.1, 0.15) is 5.69 Å². The molecule has 15 heteroatoms. The highest BCUT2D eigenvalue weighted by atomic mass is 32.2. The molecule has 0 unspecified atom stereocenters. The summed E-state index contributed by atoms with van der Waals surface area (Å²) < 4.78 is 30.9. The van der Waals surface area contributed by atoms with Crippen LogP contribution in [0, 0.1) is 10.1 Å². The predicted molar refractivity (Wildman–Crippen MR) is 129 cm³/mol. The molecule has 0 fully saturated rings. The van der Waals surface area contributed by atoms with Crippen LogP contribution in [0.25, 0.3) is 16.6 Å². The summed E-state index contributed by atoms with van der Waals surface area (Å²) in [4.78, 5) is 44.4. The molecule has 1 aromatic carbocycles. The topological polar surface area (TPSA) is 171 Å². The molecule has 0 atom stereocenters. The van der Waals surface area contributed by atoms with E-state index in [1.165, 1.54) is 17.0 Å². The molecule has 0 saturated carbocycles. The Hall–Kier alpha value is -3.30. The third-order valence-electron chi connectivity index (χ3n) is 5.75. The minimum Gasteiger partial charge on any atom is -0.411 e. The Morgan fingerprint density at radius 2 is 1.91 bits per heavy atom. The number of nitrogens with one attached hydrogen (secondary N) is 2. The molecule has 0 saturated heterocycles. The number of hydrogen-bond donors (Lipinski definition) is 2. The summed E-state index contributed by atoms with van der Waals surface area (Å²) in [5, 5.41) is 11.6. The molecule has 2 aromatic heterocycles. The summed E-state index contributed by atoms with van der Waals surface area (Å²) in [6.07, 6.45) is 3.70. The number of imidazole rings is 1. The van der Waals surface area contributed by atoms with Gasteiger partial charge in [0.15, 0.2) is 8.32 Å². The lowest BCUT2D eigenvalue weighted by Gasteiger charge is -2.35. The smallest absolute Gasteiger partial charge is 0.348 e. The van der Waals surface area contributed by atoms with Crippen LogP contribution in [0.3, 0.4) is 0 Å². The van der Waals surface area contributed by atoms with Crippen molar-refractivity contribution in [3.8, 4) is 5.69 Å². The van der Waals surface area contributed by atoms with Crippen LogP contribution >= 0.6 is 0 Å². The fourth-order valence-corrected chi connectivity index (χ4v) is 4.32. The Morgan fingerprint density at radius 3 is 2.47 bits per heavy atom. The lowest BCUT2D eigenvalue weighted by Crippen LogP contribution is -2.43. The van der Waals surface area contributed by atoms with Crippen molar-refractivity contribution in [3.05, 3.63) is 61.3 Å². The summed E-state index contributed by atoms with van der Waals surface area (Å²) >= 11 is 0. The van der Waals surface area contributed by atoms with Gasteiger partial charge in [0.05, 0.1) is 40.7 Å². The van der Waals surface area contributed by atoms with Crippen molar-refractivity contribution in [2.45, 2.75) is 45.5 Å². The van der Waals surface area contributed by atoms with Crippen molar-refractivity contribution >= 4 is 34.9 Å². The average molecular weight is 511 g/mol. The van der Waals surface area contributed by atoms with Crippen molar-refractivity contribution in [1.29, 1.82) is 0 Å². The molecule has 34 heavy (non-hydrogen) atoms. The number of nitro groups is 1. The Kier molecular flexibility index (Phi) is 6.32. The third kappa shape index (κ3) is 5.10. The lowest BCUT2D eigenvalue weighted by molar-refractivity contribution is -0.384. The number of hydrogen-bond acceptors (Lipinski definition) is 8. The molecule has 13 nitrogen and oxygen atoms in total. The van der Waals surface area contributed by atoms with E-state index in [-0.39, 0.29) is 33.9 Å². The second-order valence-electron chi connectivity index (χ2n) is 9.40. The molecule has 0 amide bonds. The van der Waals surface area contributed by atoms with Crippen molar-refractivity contribution < 1.29 is 17.8 Å². The number of H-pyrrole nitrogens is 1. The number of aromatic nitrogens is 4. The van der Waals surface area contributed by atoms with Crippen LogP contribution in [-0.2, 0) is 21.1 Å². The van der Waals surface area contributed by atoms with Gasteiger partial charge < -0.3 is 9.41 Å². The van der Waals surface area contributed by atoms with E-state index in [1.54, 1.807) is 6.20 Å². The van der Waals surface area contributed by atoms with Crippen LogP contribution in [0.2, 0.25) is 18.1 Å². The number of nitrogens with zero attached hydrogens (tertiary/aromatic N) is 4. The molecule has 184 valence electrons. The van der Waals surface area contributed by atoms with Gasteiger partial charge in [0.2, 0.25) is 10.0 Å². The summed E-state index contributed by atoms with van der Waals surface area (Å²) in [7, 11) is -5.99. The Labute approximate surface area is 195 Å². The first kappa shape index (κ1) is 25.3. The zero-order chi connectivity index (χ0) is 25.6. The molecule has 3 rings (SSSR count). The highest BCUT2D eigenvalue weighted by molar-refractivity contribution is 7.91. The molecule has 0 spiro atoms. The highest BCUT2D eigenvalue weighted by Gasteiger charge is 2.37. The van der Waals surface area contributed by atoms with E-state index in [2.05, 4.69) is 43.8 Å². The first-order valence-electron chi connectivity index (χ1n) is 10.1. The molecular formula is C19H26N6O7SSi. The molecular weight excluding hydrogens is 484 g/mol. The fourth-order valence-electron chi connectivity index (χ4n) is 2.88. The number of benzene rings is 1. The zero-order valence-corrected chi connectivity index (χ0v) is 21.4. The lowest BCUT2D eigenvalue weighted by atomic mass is 10.2. The quantitative estimate of drug-likeness (QED) is 0.275. The van der Waals surface area contributed by atoms with E-state index in [0.717, 1.165) is 12.3 Å². The number of rotatable bonds is 7. The minimum atomic E-state index is -3.94. The van der Waals surface area contributed by atoms with Crippen molar-refractivity contribution in [2.75, 3.05) is 11.1 Å². The maximum absolute atomic E-state index is 12.8. The number of sulfonamides is 1. The number of nitro benzene ring substituents is 1. The fraction of sp³-hybridized carbons (Fsp3) is 0.421. The van der Waals surface area contributed by atoms with Crippen LogP contribution in [0.4, 0.5) is 5.69 Å². The first-order chi connectivity index (χ1) is 15.5. The van der Waals surface area contributed by atoms with E-state index in [0.29, 0.717) is 10.4 Å². The van der Waals surface area contributed by atoms with Crippen LogP contribution in [0.15, 0.2) is 34.2 Å². The zero-order valence-electron chi connectivity index (χ0n) is 19.6. The number of fused-ring (bicyclic) bond motifs is 1. The average Bonchev–Trinajstić information content (AvgIpc) is 3.16. The Bertz CT molecular complexity index is 1500. The monoisotopic (exact) mass is 510 g/mol. The van der Waals surface area contributed by atoms with Gasteiger partial charge in [-0.1, -0.05) is 20.8 Å². The van der Waals surface area contributed by atoms with Gasteiger partial charge in [-0.15, -0.1) is 0 Å². The highest BCUT2D eigenvalue weighted by Crippen LogP contribution is 2.37. The van der Waals surface area contributed by atoms with Crippen molar-refractivity contribution in [2.24, 2.45) is 0 Å². The molecule has 2 N–H and O–H groups in total. The van der Waals surface area contributed by atoms with E-state index in [9.17, 15) is 28.1 Å². The van der Waals surface area contributed by atoms with Gasteiger partial charge in [-0.25, -0.2) is 23.0 Å². The predicted octanol–water partition coefficient (Wildman–Crippen LogP) is 1.81. The molecule has 0 bridgehead atoms. The summed E-state index contributed by atoms with van der Waals surface area (Å²) in [5.41, 5.74) is -2.01. The van der Waals surface area contributed by atoms with Gasteiger partial charge in [-0.05, 0) is 24.2 Å². The Morgan fingerprint density at radius 1 is 1.26 bits per heavy atom. The largest absolute Gasteiger partial charge is 0.411 e. The van der Waals surface area contributed by atoms with Gasteiger partial charge in [0, 0.05) is 12.3 Å². The molecule has 0 aliphatic carbocycles. The molecule has 0 radical (unpaired) electrons. The Balaban J connectivity index is 2.10. The first-order valence-corrected chi connectivity index (χ1v) is 14.9. The molecule has 0 aliphatic rings. The third-order valence-corrected chi connectivity index (χ3v) is 10.7. The normalized spacial score (nSPS) is 12.8. The number of aromatic amines is 1. The van der Waals surface area contributed by atoms with Crippen LogP contribution in [0.1, 0.15) is 26.5 Å². The van der Waals surface area contributed by atoms with Gasteiger partial charge in [-0.2, -0.15) is 4.68 Å². The van der Waals surface area contributed by atoms with E-state index in [1.807, 2.05) is 4.83 Å². The second-order valence-corrected chi connectivity index (χ2v) is 15.9. The van der Waals surface area contributed by atoms with E-state index in [4.69, 9.17) is 4.43 Å². The van der Waals surface area contributed by atoms with Crippen molar-refractivity contribution in [3.63, 3.8) is 0 Å². The molecule has 2 heterocycles. The van der Waals surface area contributed by atoms with E-state index >= 15 is 0 Å². The minimum absolute atomic E-state index is 0.0104. The summed E-state index contributed by atoms with van der Waals surface area (Å²) in [6.45, 7) is 10.7. The molecule has 3 aromatic rings. The second kappa shape index (κ2) is 8.48. The van der Waals surface area contributed by atoms with Gasteiger partial charge in [0.25, 0.3) is 11.2 Å². The SMILES string of the molecule is CC(C)(C)[Si](C)(C)OCc1cn(-c2cc3c(=O)n(NS(C)(=O)=O)c(=O)[nH]c3cc2[N+](=O)[O-])cn1. The van der Waals surface area contributed by atoms with Gasteiger partial charge in [-0.3, -0.25) is 19.5 Å². The van der Waals surface area contributed by atoms with Crippen LogP contribution in [0.5, 0.6) is 0 Å². The standard InChI is InChI=1S/C19H26N6O7SSi/c1-19(2,3)34(5,6)32-10-12-9-23(11-20-12)15-7-13-14(8-16(15)25(28)29)21-18(27)24(17(13)26)22-33(4,30)31/h7-9,11,22H,10H2,1-6H3,(H,21,27). The maximum atomic E-state index is 12.8. The van der Waals surface area contributed by atoms with Crippen LogP contribution in [-0.4, -0.2) is 47.1 Å². The van der Waals surface area contributed by atoms with Gasteiger partial charge >= 0.3 is 5.69 Å². The molecule has 0 aliphatic heterocycles. The van der Waals surface area contributed by atoms with Crippen LogP contribution < -0.4 is 16.1 Å². The maximum Gasteiger partial charge on any atom is 0.348 e. The summed E-state index contributed by atoms with van der Waals surface area (Å²) in [6, 6.07) is 2.25.